The summed E-state index contributed by atoms with van der Waals surface area (Å²) >= 11 is 1.67. The zero-order valence-corrected chi connectivity index (χ0v) is 14.4. The number of aromatic nitrogens is 1. The van der Waals surface area contributed by atoms with Crippen molar-refractivity contribution in [2.75, 3.05) is 0 Å². The van der Waals surface area contributed by atoms with Crippen LogP contribution in [-0.4, -0.2) is 9.91 Å². The Bertz CT molecular complexity index is 1120. The van der Waals surface area contributed by atoms with Crippen molar-refractivity contribution in [3.8, 4) is 22.4 Å². The predicted molar refractivity (Wildman–Crippen MR) is 104 cm³/mol. The molecule has 0 aliphatic heterocycles. The number of nitrogens with zero attached hydrogens (tertiary/aromatic N) is 2. The lowest BCUT2D eigenvalue weighted by molar-refractivity contribution is -0.384. The number of benzene rings is 3. The van der Waals surface area contributed by atoms with E-state index in [0.717, 1.165) is 27.2 Å². The highest BCUT2D eigenvalue weighted by Crippen LogP contribution is 2.29. The SMILES string of the molecule is O=[N+]([O-])c1ccc(C#Cc2ccc(-c3nc4ccccc4s3)cc2)cc1. The number of nitro groups is 1. The monoisotopic (exact) mass is 356 g/mol. The van der Waals surface area contributed by atoms with Gasteiger partial charge in [0, 0.05) is 28.8 Å². The fourth-order valence-electron chi connectivity index (χ4n) is 2.50. The zero-order chi connectivity index (χ0) is 17.9. The molecule has 0 N–H and O–H groups in total. The van der Waals surface area contributed by atoms with Gasteiger partial charge in [0.2, 0.25) is 0 Å². The van der Waals surface area contributed by atoms with Crippen molar-refractivity contribution >= 4 is 27.2 Å². The summed E-state index contributed by atoms with van der Waals surface area (Å²) in [7, 11) is 0. The molecule has 0 saturated heterocycles. The van der Waals surface area contributed by atoms with Crippen molar-refractivity contribution < 1.29 is 4.92 Å². The molecule has 0 bridgehead atoms. The Labute approximate surface area is 153 Å². The Kier molecular flexibility index (Phi) is 4.18. The largest absolute Gasteiger partial charge is 0.269 e. The van der Waals surface area contributed by atoms with Crippen molar-refractivity contribution in [3.05, 3.63) is 94.0 Å². The zero-order valence-electron chi connectivity index (χ0n) is 13.5. The summed E-state index contributed by atoms with van der Waals surface area (Å²) in [6.07, 6.45) is 0. The molecule has 0 amide bonds. The first kappa shape index (κ1) is 16.0. The van der Waals surface area contributed by atoms with Gasteiger partial charge in [-0.1, -0.05) is 36.1 Å². The molecule has 0 fully saturated rings. The number of thiazole rings is 1. The Balaban J connectivity index is 1.55. The molecule has 124 valence electrons. The van der Waals surface area contributed by atoms with E-state index in [4.69, 9.17) is 0 Å². The van der Waals surface area contributed by atoms with Crippen LogP contribution in [0, 0.1) is 22.0 Å². The summed E-state index contributed by atoms with van der Waals surface area (Å²) in [6, 6.07) is 22.3. The quantitative estimate of drug-likeness (QED) is 0.279. The number of hydrogen-bond donors (Lipinski definition) is 0. The number of hydrogen-bond acceptors (Lipinski definition) is 4. The van der Waals surface area contributed by atoms with E-state index in [2.05, 4.69) is 22.9 Å². The van der Waals surface area contributed by atoms with E-state index in [0.29, 0.717) is 0 Å². The minimum atomic E-state index is -0.419. The third kappa shape index (κ3) is 3.32. The normalized spacial score (nSPS) is 10.3. The topological polar surface area (TPSA) is 56.0 Å². The summed E-state index contributed by atoms with van der Waals surface area (Å²) in [4.78, 5) is 14.9. The lowest BCUT2D eigenvalue weighted by atomic mass is 10.1. The van der Waals surface area contributed by atoms with E-state index in [1.54, 1.807) is 23.5 Å². The second kappa shape index (κ2) is 6.79. The standard InChI is InChI=1S/C21H12N2O2S/c24-23(25)18-13-9-16(10-14-18)6-5-15-7-11-17(12-8-15)21-22-19-3-1-2-4-20(19)26-21/h1-4,7-14H. The molecule has 1 aromatic heterocycles. The Morgan fingerprint density at radius 3 is 2.08 bits per heavy atom. The molecule has 0 spiro atoms. The van der Waals surface area contributed by atoms with Crippen LogP contribution in [0.1, 0.15) is 11.1 Å². The maximum atomic E-state index is 10.7. The molecule has 4 rings (SSSR count). The van der Waals surface area contributed by atoms with Gasteiger partial charge in [-0.2, -0.15) is 0 Å². The molecular weight excluding hydrogens is 344 g/mol. The predicted octanol–water partition coefficient (Wildman–Crippen LogP) is 5.27. The van der Waals surface area contributed by atoms with E-state index in [9.17, 15) is 10.1 Å². The van der Waals surface area contributed by atoms with Crippen molar-refractivity contribution in [2.24, 2.45) is 0 Å². The Hall–Kier alpha value is -3.49. The maximum Gasteiger partial charge on any atom is 0.269 e. The molecule has 4 aromatic rings. The summed E-state index contributed by atoms with van der Waals surface area (Å²) < 4.78 is 1.17. The smallest absolute Gasteiger partial charge is 0.258 e. The van der Waals surface area contributed by atoms with Gasteiger partial charge in [0.15, 0.2) is 0 Å². The van der Waals surface area contributed by atoms with E-state index in [1.807, 2.05) is 42.5 Å². The summed E-state index contributed by atoms with van der Waals surface area (Å²) in [5.74, 6) is 6.10. The van der Waals surface area contributed by atoms with Gasteiger partial charge in [0.25, 0.3) is 5.69 Å². The van der Waals surface area contributed by atoms with Crippen molar-refractivity contribution in [1.82, 2.24) is 4.98 Å². The summed E-state index contributed by atoms with van der Waals surface area (Å²) in [5, 5.41) is 11.6. The third-order valence-corrected chi connectivity index (χ3v) is 4.94. The highest BCUT2D eigenvalue weighted by molar-refractivity contribution is 7.21. The first-order valence-corrected chi connectivity index (χ1v) is 8.73. The van der Waals surface area contributed by atoms with Crippen molar-refractivity contribution in [2.45, 2.75) is 0 Å². The third-order valence-electron chi connectivity index (χ3n) is 3.86. The van der Waals surface area contributed by atoms with Gasteiger partial charge in [-0.05, 0) is 36.4 Å². The van der Waals surface area contributed by atoms with Gasteiger partial charge in [-0.25, -0.2) is 4.98 Å². The number of para-hydroxylation sites is 1. The van der Waals surface area contributed by atoms with Gasteiger partial charge < -0.3 is 0 Å². The second-order valence-corrected chi connectivity index (χ2v) is 6.65. The van der Waals surface area contributed by atoms with E-state index < -0.39 is 4.92 Å². The molecule has 0 aliphatic carbocycles. The number of fused-ring (bicyclic) bond motifs is 1. The minimum Gasteiger partial charge on any atom is -0.258 e. The molecular formula is C21H12N2O2S. The number of nitro benzene ring substituents is 1. The number of non-ortho nitro benzene ring substituents is 1. The molecule has 0 atom stereocenters. The summed E-state index contributed by atoms with van der Waals surface area (Å²) in [6.45, 7) is 0. The first-order valence-electron chi connectivity index (χ1n) is 7.91. The van der Waals surface area contributed by atoms with Gasteiger partial charge in [0.1, 0.15) is 5.01 Å². The first-order chi connectivity index (χ1) is 12.7. The van der Waals surface area contributed by atoms with Gasteiger partial charge in [-0.15, -0.1) is 11.3 Å². The van der Waals surface area contributed by atoms with Crippen LogP contribution in [0.4, 0.5) is 5.69 Å². The average molecular weight is 356 g/mol. The molecule has 5 heteroatoms. The van der Waals surface area contributed by atoms with Crippen LogP contribution >= 0.6 is 11.3 Å². The number of rotatable bonds is 2. The van der Waals surface area contributed by atoms with Gasteiger partial charge in [-0.3, -0.25) is 10.1 Å². The molecule has 0 aliphatic rings. The van der Waals surface area contributed by atoms with E-state index in [1.165, 1.54) is 16.8 Å². The highest BCUT2D eigenvalue weighted by Gasteiger charge is 2.05. The fourth-order valence-corrected chi connectivity index (χ4v) is 3.47. The lowest BCUT2D eigenvalue weighted by Gasteiger charge is -1.96. The van der Waals surface area contributed by atoms with Crippen LogP contribution in [0.15, 0.2) is 72.8 Å². The molecule has 0 saturated carbocycles. The van der Waals surface area contributed by atoms with Crippen LogP contribution in [-0.2, 0) is 0 Å². The fraction of sp³-hybridized carbons (Fsp3) is 0. The van der Waals surface area contributed by atoms with Crippen LogP contribution in [0.25, 0.3) is 20.8 Å². The van der Waals surface area contributed by atoms with Crippen LogP contribution < -0.4 is 0 Å². The van der Waals surface area contributed by atoms with Gasteiger partial charge in [0.05, 0.1) is 15.1 Å². The molecule has 4 nitrogen and oxygen atoms in total. The lowest BCUT2D eigenvalue weighted by Crippen LogP contribution is -1.86. The maximum absolute atomic E-state index is 10.7. The molecule has 0 unspecified atom stereocenters. The average Bonchev–Trinajstić information content (AvgIpc) is 3.11. The van der Waals surface area contributed by atoms with Gasteiger partial charge >= 0.3 is 0 Å². The van der Waals surface area contributed by atoms with Crippen molar-refractivity contribution in [3.63, 3.8) is 0 Å². The van der Waals surface area contributed by atoms with E-state index in [-0.39, 0.29) is 5.69 Å². The Morgan fingerprint density at radius 2 is 1.46 bits per heavy atom. The second-order valence-electron chi connectivity index (χ2n) is 5.62. The van der Waals surface area contributed by atoms with Crippen molar-refractivity contribution in [1.29, 1.82) is 0 Å². The van der Waals surface area contributed by atoms with Crippen LogP contribution in [0.2, 0.25) is 0 Å². The minimum absolute atomic E-state index is 0.0655. The molecule has 1 heterocycles. The molecule has 3 aromatic carbocycles. The van der Waals surface area contributed by atoms with Crippen LogP contribution in [0.5, 0.6) is 0 Å². The molecule has 0 radical (unpaired) electrons. The Morgan fingerprint density at radius 1 is 0.846 bits per heavy atom. The van der Waals surface area contributed by atoms with Crippen LogP contribution in [0.3, 0.4) is 0 Å². The molecule has 26 heavy (non-hydrogen) atoms. The van der Waals surface area contributed by atoms with E-state index >= 15 is 0 Å². The highest BCUT2D eigenvalue weighted by atomic mass is 32.1. The summed E-state index contributed by atoms with van der Waals surface area (Å²) in [5.41, 5.74) is 3.76.